The maximum Gasteiger partial charge on any atom is 0.320 e. The third kappa shape index (κ3) is 5.71. The van der Waals surface area contributed by atoms with E-state index < -0.39 is 9.28 Å². The van der Waals surface area contributed by atoms with Crippen LogP contribution in [0, 0.1) is 5.92 Å². The average Bonchev–Trinajstić information content (AvgIpc) is 2.12. The van der Waals surface area contributed by atoms with Crippen LogP contribution >= 0.6 is 0 Å². The molecular formula is C8H21NO2Si. The Morgan fingerprint density at radius 3 is 2.33 bits per heavy atom. The summed E-state index contributed by atoms with van der Waals surface area (Å²) < 4.78 is 10.4. The van der Waals surface area contributed by atoms with Crippen LogP contribution in [-0.4, -0.2) is 30.0 Å². The second-order valence-corrected chi connectivity index (χ2v) is 5.55. The zero-order valence-corrected chi connectivity index (χ0v) is 9.53. The molecule has 0 saturated heterocycles. The lowest BCUT2D eigenvalue weighted by molar-refractivity contribution is 0.275. The van der Waals surface area contributed by atoms with Gasteiger partial charge in [0.1, 0.15) is 0 Å². The lowest BCUT2D eigenvalue weighted by Gasteiger charge is -2.12. The molecule has 0 aromatic carbocycles. The van der Waals surface area contributed by atoms with Crippen molar-refractivity contribution in [1.82, 2.24) is 0 Å². The maximum atomic E-state index is 5.50. The molecule has 4 heteroatoms. The monoisotopic (exact) mass is 191 g/mol. The van der Waals surface area contributed by atoms with Crippen LogP contribution in [0.2, 0.25) is 6.04 Å². The smallest absolute Gasteiger partial charge is 0.320 e. The molecule has 0 radical (unpaired) electrons. The first-order valence-electron chi connectivity index (χ1n) is 4.50. The Morgan fingerprint density at radius 1 is 1.33 bits per heavy atom. The van der Waals surface area contributed by atoms with Crippen molar-refractivity contribution < 1.29 is 8.85 Å². The highest BCUT2D eigenvalue weighted by molar-refractivity contribution is 6.44. The summed E-state index contributed by atoms with van der Waals surface area (Å²) in [7, 11) is 2.15. The van der Waals surface area contributed by atoms with Crippen molar-refractivity contribution in [2.45, 2.75) is 25.8 Å². The Bertz CT molecular complexity index is 99.1. The highest BCUT2D eigenvalue weighted by Crippen LogP contribution is 2.09. The molecular weight excluding hydrogens is 170 g/mol. The van der Waals surface area contributed by atoms with Gasteiger partial charge >= 0.3 is 9.28 Å². The third-order valence-corrected chi connectivity index (χ3v) is 4.00. The van der Waals surface area contributed by atoms with E-state index in [-0.39, 0.29) is 0 Å². The molecule has 1 unspecified atom stereocenters. The van der Waals surface area contributed by atoms with Crippen molar-refractivity contribution in [2.24, 2.45) is 11.7 Å². The largest absolute Gasteiger partial charge is 0.400 e. The second kappa shape index (κ2) is 7.73. The average molecular weight is 191 g/mol. The van der Waals surface area contributed by atoms with E-state index >= 15 is 0 Å². The van der Waals surface area contributed by atoms with E-state index in [1.807, 2.05) is 0 Å². The second-order valence-electron chi connectivity index (χ2n) is 3.17. The van der Waals surface area contributed by atoms with Crippen molar-refractivity contribution >= 4 is 9.28 Å². The summed E-state index contributed by atoms with van der Waals surface area (Å²) >= 11 is 0. The summed E-state index contributed by atoms with van der Waals surface area (Å²) in [5.74, 6) is 0.633. The van der Waals surface area contributed by atoms with Gasteiger partial charge in [-0.2, -0.15) is 0 Å². The first kappa shape index (κ1) is 12.1. The van der Waals surface area contributed by atoms with Crippen molar-refractivity contribution in [3.05, 3.63) is 0 Å². The van der Waals surface area contributed by atoms with Crippen LogP contribution in [-0.2, 0) is 8.85 Å². The third-order valence-electron chi connectivity index (χ3n) is 2.06. The van der Waals surface area contributed by atoms with Crippen LogP contribution in [0.25, 0.3) is 0 Å². The summed E-state index contributed by atoms with van der Waals surface area (Å²) in [5.41, 5.74) is 5.50. The van der Waals surface area contributed by atoms with Crippen LogP contribution in [0.15, 0.2) is 0 Å². The summed E-state index contributed by atoms with van der Waals surface area (Å²) in [6.07, 6.45) is 2.36. The van der Waals surface area contributed by atoms with Crippen LogP contribution in [0.3, 0.4) is 0 Å². The molecule has 0 amide bonds. The first-order chi connectivity index (χ1) is 5.74. The summed E-state index contributed by atoms with van der Waals surface area (Å²) in [4.78, 5) is 0. The van der Waals surface area contributed by atoms with Gasteiger partial charge in [-0.3, -0.25) is 0 Å². The van der Waals surface area contributed by atoms with Gasteiger partial charge in [0.2, 0.25) is 0 Å². The molecule has 12 heavy (non-hydrogen) atoms. The molecule has 0 fully saturated rings. The topological polar surface area (TPSA) is 44.5 Å². The molecule has 0 aromatic heterocycles. The minimum absolute atomic E-state index is 0.633. The van der Waals surface area contributed by atoms with E-state index in [1.54, 1.807) is 14.2 Å². The fourth-order valence-electron chi connectivity index (χ4n) is 1.08. The Hall–Kier alpha value is 0.0969. The lowest BCUT2D eigenvalue weighted by atomic mass is 10.1. The lowest BCUT2D eigenvalue weighted by Crippen LogP contribution is -2.19. The summed E-state index contributed by atoms with van der Waals surface area (Å²) in [5, 5.41) is 0. The molecule has 3 nitrogen and oxygen atoms in total. The van der Waals surface area contributed by atoms with Crippen molar-refractivity contribution in [1.29, 1.82) is 0 Å². The van der Waals surface area contributed by atoms with Gasteiger partial charge in [0, 0.05) is 14.2 Å². The first-order valence-corrected chi connectivity index (χ1v) is 6.26. The summed E-state index contributed by atoms with van der Waals surface area (Å²) in [6.45, 7) is 2.96. The molecule has 0 rings (SSSR count). The van der Waals surface area contributed by atoms with E-state index in [0.29, 0.717) is 5.92 Å². The molecule has 0 aliphatic heterocycles. The van der Waals surface area contributed by atoms with E-state index in [4.69, 9.17) is 14.6 Å². The van der Waals surface area contributed by atoms with Gasteiger partial charge in [-0.15, -0.1) is 0 Å². The fraction of sp³-hybridized carbons (Fsp3) is 1.00. The van der Waals surface area contributed by atoms with Crippen molar-refractivity contribution in [2.75, 3.05) is 20.8 Å². The van der Waals surface area contributed by atoms with Gasteiger partial charge in [-0.05, 0) is 24.9 Å². The summed E-state index contributed by atoms with van der Waals surface area (Å²) in [6, 6.07) is 1.09. The van der Waals surface area contributed by atoms with E-state index in [0.717, 1.165) is 12.6 Å². The van der Waals surface area contributed by atoms with Gasteiger partial charge in [-0.25, -0.2) is 0 Å². The maximum absolute atomic E-state index is 5.50. The molecule has 0 saturated carbocycles. The van der Waals surface area contributed by atoms with E-state index in [2.05, 4.69) is 6.92 Å². The SMILES string of the molecule is CO[SiH](CCCC(C)CN)OC. The number of nitrogens with two attached hydrogens (primary N) is 1. The van der Waals surface area contributed by atoms with Crippen LogP contribution in [0.5, 0.6) is 0 Å². The Labute approximate surface area is 77.1 Å². The minimum Gasteiger partial charge on any atom is -0.400 e. The van der Waals surface area contributed by atoms with Crippen molar-refractivity contribution in [3.8, 4) is 0 Å². The number of hydrogen-bond donors (Lipinski definition) is 1. The molecule has 74 valence electrons. The molecule has 1 atom stereocenters. The Morgan fingerprint density at radius 2 is 1.92 bits per heavy atom. The van der Waals surface area contributed by atoms with Crippen LogP contribution in [0.1, 0.15) is 19.8 Å². The zero-order chi connectivity index (χ0) is 9.40. The molecule has 0 aromatic rings. The molecule has 0 heterocycles. The predicted octanol–water partition coefficient (Wildman–Crippen LogP) is 0.875. The number of rotatable bonds is 7. The molecule has 0 bridgehead atoms. The highest BCUT2D eigenvalue weighted by atomic mass is 28.3. The van der Waals surface area contributed by atoms with E-state index in [9.17, 15) is 0 Å². The minimum atomic E-state index is -1.30. The van der Waals surface area contributed by atoms with Crippen LogP contribution < -0.4 is 5.73 Å². The van der Waals surface area contributed by atoms with Gasteiger partial charge in [-0.1, -0.05) is 13.3 Å². The standard InChI is InChI=1S/C8H21NO2Si/c1-8(7-9)5-4-6-12(10-2)11-3/h8,12H,4-7,9H2,1-3H3. The Balaban J connectivity index is 3.28. The van der Waals surface area contributed by atoms with Gasteiger partial charge < -0.3 is 14.6 Å². The van der Waals surface area contributed by atoms with Crippen molar-refractivity contribution in [3.63, 3.8) is 0 Å². The molecule has 0 aliphatic carbocycles. The van der Waals surface area contributed by atoms with E-state index in [1.165, 1.54) is 12.8 Å². The fourth-order valence-corrected chi connectivity index (χ4v) is 2.32. The quantitative estimate of drug-likeness (QED) is 0.607. The molecule has 0 spiro atoms. The van der Waals surface area contributed by atoms with Gasteiger partial charge in [0.05, 0.1) is 0 Å². The molecule has 0 aliphatic rings. The van der Waals surface area contributed by atoms with Gasteiger partial charge in [0.25, 0.3) is 0 Å². The van der Waals surface area contributed by atoms with Crippen LogP contribution in [0.4, 0.5) is 0 Å². The Kier molecular flexibility index (Phi) is 7.79. The van der Waals surface area contributed by atoms with Gasteiger partial charge in [0.15, 0.2) is 0 Å². The molecule has 2 N–H and O–H groups in total. The predicted molar refractivity (Wildman–Crippen MR) is 53.4 cm³/mol. The highest BCUT2D eigenvalue weighted by Gasteiger charge is 2.09. The zero-order valence-electron chi connectivity index (χ0n) is 8.38. The normalized spacial score (nSPS) is 13.8. The number of hydrogen-bond acceptors (Lipinski definition) is 3.